The Morgan fingerprint density at radius 3 is 2.62 bits per heavy atom. The van der Waals surface area contributed by atoms with Gasteiger partial charge in [0.1, 0.15) is 0 Å². The van der Waals surface area contributed by atoms with Gasteiger partial charge >= 0.3 is 5.97 Å². The fourth-order valence-electron chi connectivity index (χ4n) is 3.52. The highest BCUT2D eigenvalue weighted by atomic mass is 16.4. The number of carboxylic acid groups (broad SMARTS) is 1. The highest BCUT2D eigenvalue weighted by Crippen LogP contribution is 2.48. The van der Waals surface area contributed by atoms with Crippen molar-refractivity contribution in [2.75, 3.05) is 6.54 Å². The first-order valence-corrected chi connectivity index (χ1v) is 7.21. The Morgan fingerprint density at radius 2 is 1.95 bits per heavy atom. The van der Waals surface area contributed by atoms with Crippen LogP contribution in [0.3, 0.4) is 0 Å². The Morgan fingerprint density at radius 1 is 1.19 bits per heavy atom. The number of carboxylic acids is 1. The van der Waals surface area contributed by atoms with Crippen LogP contribution in [-0.4, -0.2) is 17.6 Å². The molecule has 0 bridgehead atoms. The largest absolute Gasteiger partial charge is 0.478 e. The molecule has 3 nitrogen and oxygen atoms in total. The van der Waals surface area contributed by atoms with Crippen LogP contribution in [0.1, 0.15) is 45.0 Å². The van der Waals surface area contributed by atoms with Crippen LogP contribution >= 0.6 is 0 Å². The van der Waals surface area contributed by atoms with Crippen molar-refractivity contribution in [1.29, 1.82) is 0 Å². The Labute approximate surface area is 124 Å². The average Bonchev–Trinajstić information content (AvgIpc) is 2.73. The molecular weight excluding hydrogens is 262 g/mol. The summed E-state index contributed by atoms with van der Waals surface area (Å²) in [7, 11) is 0. The van der Waals surface area contributed by atoms with Crippen molar-refractivity contribution in [1.82, 2.24) is 0 Å². The maximum absolute atomic E-state index is 11.2. The molecule has 21 heavy (non-hydrogen) atoms. The molecular formula is C18H19NO2. The summed E-state index contributed by atoms with van der Waals surface area (Å²) in [6.07, 6.45) is 0.840. The third-order valence-electron chi connectivity index (χ3n) is 4.30. The van der Waals surface area contributed by atoms with Crippen molar-refractivity contribution in [2.24, 2.45) is 5.73 Å². The molecule has 0 amide bonds. The van der Waals surface area contributed by atoms with E-state index in [4.69, 9.17) is 5.73 Å². The van der Waals surface area contributed by atoms with E-state index >= 15 is 0 Å². The van der Waals surface area contributed by atoms with Crippen molar-refractivity contribution in [3.63, 3.8) is 0 Å². The monoisotopic (exact) mass is 281 g/mol. The summed E-state index contributed by atoms with van der Waals surface area (Å²) in [5.74, 6) is -0.673. The summed E-state index contributed by atoms with van der Waals surface area (Å²) in [6.45, 7) is 4.81. The lowest BCUT2D eigenvalue weighted by atomic mass is 9.89. The van der Waals surface area contributed by atoms with Gasteiger partial charge in [-0.15, -0.1) is 0 Å². The minimum absolute atomic E-state index is 0.208. The molecule has 1 aliphatic rings. The van der Waals surface area contributed by atoms with Gasteiger partial charge in [-0.25, -0.2) is 4.79 Å². The molecule has 2 aromatic rings. The van der Waals surface area contributed by atoms with Crippen LogP contribution in [0.15, 0.2) is 30.3 Å². The van der Waals surface area contributed by atoms with E-state index in [2.05, 4.69) is 26.0 Å². The summed E-state index contributed by atoms with van der Waals surface area (Å²) in [5.41, 5.74) is 13.4. The zero-order valence-electron chi connectivity index (χ0n) is 12.3. The van der Waals surface area contributed by atoms with Crippen molar-refractivity contribution < 1.29 is 9.90 Å². The maximum Gasteiger partial charge on any atom is 0.335 e. The molecule has 3 heteroatoms. The van der Waals surface area contributed by atoms with Crippen molar-refractivity contribution in [2.45, 2.75) is 26.2 Å². The molecule has 108 valence electrons. The van der Waals surface area contributed by atoms with E-state index in [0.29, 0.717) is 12.1 Å². The Bertz CT molecular complexity index is 734. The standard InChI is InChI=1S/C18H19NO2/c1-10-7-11(2)17-14(5-6-19)15-9-12(18(20)21)3-4-13(15)16(17)8-10/h3-4,7-9,14H,5-6,19H2,1-2H3,(H,20,21). The second-order valence-corrected chi connectivity index (χ2v) is 5.78. The van der Waals surface area contributed by atoms with Gasteiger partial charge in [0.15, 0.2) is 0 Å². The van der Waals surface area contributed by atoms with Gasteiger partial charge in [-0.2, -0.15) is 0 Å². The number of hydrogen-bond donors (Lipinski definition) is 2. The van der Waals surface area contributed by atoms with Gasteiger partial charge in [-0.05, 0) is 66.8 Å². The molecule has 1 unspecified atom stereocenters. The van der Waals surface area contributed by atoms with Crippen LogP contribution < -0.4 is 5.73 Å². The Hall–Kier alpha value is -2.13. The number of nitrogens with two attached hydrogens (primary N) is 1. The minimum Gasteiger partial charge on any atom is -0.478 e. The quantitative estimate of drug-likeness (QED) is 0.905. The number of hydrogen-bond acceptors (Lipinski definition) is 2. The van der Waals surface area contributed by atoms with Gasteiger partial charge in [0.2, 0.25) is 0 Å². The molecule has 0 spiro atoms. The van der Waals surface area contributed by atoms with Gasteiger partial charge in [0.05, 0.1) is 5.56 Å². The fourth-order valence-corrected chi connectivity index (χ4v) is 3.52. The van der Waals surface area contributed by atoms with E-state index in [1.54, 1.807) is 6.07 Å². The van der Waals surface area contributed by atoms with E-state index in [9.17, 15) is 9.90 Å². The highest BCUT2D eigenvalue weighted by molar-refractivity contribution is 5.91. The van der Waals surface area contributed by atoms with E-state index in [0.717, 1.165) is 17.5 Å². The van der Waals surface area contributed by atoms with Crippen LogP contribution in [0.25, 0.3) is 11.1 Å². The average molecular weight is 281 g/mol. The zero-order chi connectivity index (χ0) is 15.1. The van der Waals surface area contributed by atoms with E-state index in [1.807, 2.05) is 12.1 Å². The lowest BCUT2D eigenvalue weighted by Crippen LogP contribution is -2.08. The van der Waals surface area contributed by atoms with E-state index in [1.165, 1.54) is 22.3 Å². The fraction of sp³-hybridized carbons (Fsp3) is 0.278. The molecule has 1 aliphatic carbocycles. The first kappa shape index (κ1) is 13.8. The van der Waals surface area contributed by atoms with Gasteiger partial charge in [0, 0.05) is 5.92 Å². The first-order chi connectivity index (χ1) is 10.0. The maximum atomic E-state index is 11.2. The molecule has 3 rings (SSSR count). The second kappa shape index (κ2) is 5.01. The van der Waals surface area contributed by atoms with Crippen molar-refractivity contribution in [3.05, 3.63) is 58.1 Å². The predicted octanol–water partition coefficient (Wildman–Crippen LogP) is 3.46. The molecule has 0 heterocycles. The number of aromatic carboxylic acids is 1. The minimum atomic E-state index is -0.881. The summed E-state index contributed by atoms with van der Waals surface area (Å²) in [4.78, 5) is 11.2. The second-order valence-electron chi connectivity index (χ2n) is 5.78. The van der Waals surface area contributed by atoms with Crippen LogP contribution in [0, 0.1) is 13.8 Å². The number of carbonyl (C=O) groups is 1. The molecule has 0 radical (unpaired) electrons. The topological polar surface area (TPSA) is 63.3 Å². The molecule has 0 saturated carbocycles. The summed E-state index contributed by atoms with van der Waals surface area (Å²) < 4.78 is 0. The predicted molar refractivity (Wildman–Crippen MR) is 83.8 cm³/mol. The first-order valence-electron chi connectivity index (χ1n) is 7.21. The van der Waals surface area contributed by atoms with Crippen molar-refractivity contribution >= 4 is 5.97 Å². The molecule has 0 saturated heterocycles. The lowest BCUT2D eigenvalue weighted by Gasteiger charge is -2.15. The molecule has 0 aromatic heterocycles. The SMILES string of the molecule is Cc1cc(C)c2c(c1)-c1ccc(C(=O)O)cc1C2CCN. The van der Waals surface area contributed by atoms with Gasteiger partial charge < -0.3 is 10.8 Å². The van der Waals surface area contributed by atoms with E-state index < -0.39 is 5.97 Å². The highest BCUT2D eigenvalue weighted by Gasteiger charge is 2.30. The van der Waals surface area contributed by atoms with Crippen LogP contribution in [-0.2, 0) is 0 Å². The van der Waals surface area contributed by atoms with Crippen LogP contribution in [0.2, 0.25) is 0 Å². The van der Waals surface area contributed by atoms with Gasteiger partial charge in [-0.3, -0.25) is 0 Å². The van der Waals surface area contributed by atoms with Crippen LogP contribution in [0.5, 0.6) is 0 Å². The van der Waals surface area contributed by atoms with Gasteiger partial charge in [0.25, 0.3) is 0 Å². The molecule has 2 aromatic carbocycles. The summed E-state index contributed by atoms with van der Waals surface area (Å²) >= 11 is 0. The zero-order valence-corrected chi connectivity index (χ0v) is 12.3. The number of benzene rings is 2. The Kier molecular flexibility index (Phi) is 3.30. The number of rotatable bonds is 3. The van der Waals surface area contributed by atoms with E-state index in [-0.39, 0.29) is 5.92 Å². The molecule has 1 atom stereocenters. The normalized spacial score (nSPS) is 15.7. The lowest BCUT2D eigenvalue weighted by molar-refractivity contribution is 0.0697. The van der Waals surface area contributed by atoms with Gasteiger partial charge in [-0.1, -0.05) is 23.8 Å². The summed E-state index contributed by atoms with van der Waals surface area (Å²) in [6, 6.07) is 9.82. The molecule has 0 aliphatic heterocycles. The Balaban J connectivity index is 2.26. The van der Waals surface area contributed by atoms with Crippen molar-refractivity contribution in [3.8, 4) is 11.1 Å². The van der Waals surface area contributed by atoms with Crippen LogP contribution in [0.4, 0.5) is 0 Å². The molecule has 0 fully saturated rings. The number of fused-ring (bicyclic) bond motifs is 3. The smallest absolute Gasteiger partial charge is 0.335 e. The third kappa shape index (κ3) is 2.14. The molecule has 3 N–H and O–H groups in total. The summed E-state index contributed by atoms with van der Waals surface area (Å²) in [5, 5.41) is 9.22. The third-order valence-corrected chi connectivity index (χ3v) is 4.30. The number of aryl methyl sites for hydroxylation is 2.